The molecule has 112 valence electrons. The van der Waals surface area contributed by atoms with Crippen LogP contribution < -0.4 is 14.8 Å². The van der Waals surface area contributed by atoms with E-state index in [1.54, 1.807) is 14.2 Å². The molecule has 0 amide bonds. The molecule has 0 saturated carbocycles. The number of rotatable bonds is 5. The number of benzene rings is 1. The molecule has 0 spiro atoms. The van der Waals surface area contributed by atoms with Gasteiger partial charge in [-0.15, -0.1) is 0 Å². The molecule has 1 N–H and O–H groups in total. The van der Waals surface area contributed by atoms with Crippen molar-refractivity contribution in [2.24, 2.45) is 0 Å². The summed E-state index contributed by atoms with van der Waals surface area (Å²) in [5, 5.41) is 3.38. The number of hydrogen-bond acceptors (Lipinski definition) is 4. The molecule has 0 aliphatic carbocycles. The average molecular weight is 343 g/mol. The highest BCUT2D eigenvalue weighted by molar-refractivity contribution is 9.10. The van der Waals surface area contributed by atoms with E-state index in [1.807, 2.05) is 0 Å². The Balaban J connectivity index is 2.14. The second kappa shape index (κ2) is 7.29. The molecule has 0 radical (unpaired) electrons. The van der Waals surface area contributed by atoms with Crippen molar-refractivity contribution in [1.29, 1.82) is 0 Å². The van der Waals surface area contributed by atoms with E-state index in [2.05, 4.69) is 39.1 Å². The summed E-state index contributed by atoms with van der Waals surface area (Å²) in [6.45, 7) is 7.55. The van der Waals surface area contributed by atoms with Gasteiger partial charge in [-0.2, -0.15) is 0 Å². The summed E-state index contributed by atoms with van der Waals surface area (Å²) in [5.74, 6) is 1.75. The molecule has 1 fully saturated rings. The lowest BCUT2D eigenvalue weighted by Gasteiger charge is -2.27. The number of methoxy groups -OCH3 is 2. The highest BCUT2D eigenvalue weighted by atomic mass is 79.9. The monoisotopic (exact) mass is 342 g/mol. The summed E-state index contributed by atoms with van der Waals surface area (Å²) in [6, 6.07) is 2.17. The maximum Gasteiger partial charge on any atom is 0.140 e. The number of nitrogens with zero attached hydrogens (tertiary/aromatic N) is 1. The topological polar surface area (TPSA) is 33.7 Å². The Labute approximate surface area is 129 Å². The first kappa shape index (κ1) is 15.6. The zero-order chi connectivity index (χ0) is 14.5. The van der Waals surface area contributed by atoms with Gasteiger partial charge in [-0.1, -0.05) is 0 Å². The van der Waals surface area contributed by atoms with E-state index >= 15 is 0 Å². The summed E-state index contributed by atoms with van der Waals surface area (Å²) in [5.41, 5.74) is 2.37. The zero-order valence-corrected chi connectivity index (χ0v) is 14.0. The van der Waals surface area contributed by atoms with Crippen LogP contribution in [0.3, 0.4) is 0 Å². The van der Waals surface area contributed by atoms with Gasteiger partial charge in [-0.25, -0.2) is 0 Å². The van der Waals surface area contributed by atoms with Crippen LogP contribution in [0.15, 0.2) is 10.5 Å². The molecule has 1 aliphatic heterocycles. The van der Waals surface area contributed by atoms with Crippen LogP contribution in [0.5, 0.6) is 11.5 Å². The van der Waals surface area contributed by atoms with Gasteiger partial charge in [0.1, 0.15) is 16.0 Å². The number of ether oxygens (including phenoxy) is 2. The Bertz CT molecular complexity index is 460. The second-order valence-electron chi connectivity index (χ2n) is 5.07. The molecule has 5 heteroatoms. The van der Waals surface area contributed by atoms with Crippen molar-refractivity contribution in [3.8, 4) is 11.5 Å². The molecule has 1 aromatic rings. The predicted molar refractivity (Wildman–Crippen MR) is 85.0 cm³/mol. The van der Waals surface area contributed by atoms with Crippen molar-refractivity contribution >= 4 is 15.9 Å². The minimum absolute atomic E-state index is 0.854. The van der Waals surface area contributed by atoms with Crippen LogP contribution in [-0.4, -0.2) is 51.8 Å². The van der Waals surface area contributed by atoms with Gasteiger partial charge in [0, 0.05) is 32.7 Å². The van der Waals surface area contributed by atoms with E-state index in [0.717, 1.165) is 60.7 Å². The highest BCUT2D eigenvalue weighted by Crippen LogP contribution is 2.40. The molecule has 0 aromatic heterocycles. The van der Waals surface area contributed by atoms with Gasteiger partial charge in [0.15, 0.2) is 0 Å². The Kier molecular flexibility index (Phi) is 5.69. The Morgan fingerprint density at radius 2 is 1.85 bits per heavy atom. The Hall–Kier alpha value is -0.780. The summed E-state index contributed by atoms with van der Waals surface area (Å²) < 4.78 is 11.9. The molecule has 2 rings (SSSR count). The third-order valence-electron chi connectivity index (χ3n) is 3.75. The van der Waals surface area contributed by atoms with Crippen LogP contribution >= 0.6 is 15.9 Å². The summed E-state index contributed by atoms with van der Waals surface area (Å²) in [6.07, 6.45) is 0.993. The van der Waals surface area contributed by atoms with Gasteiger partial charge in [-0.05, 0) is 46.5 Å². The first-order valence-electron chi connectivity index (χ1n) is 7.00. The first-order chi connectivity index (χ1) is 9.67. The van der Waals surface area contributed by atoms with Crippen molar-refractivity contribution < 1.29 is 9.47 Å². The van der Waals surface area contributed by atoms with E-state index < -0.39 is 0 Å². The van der Waals surface area contributed by atoms with Crippen LogP contribution in [0.4, 0.5) is 0 Å². The van der Waals surface area contributed by atoms with Crippen LogP contribution in [0.25, 0.3) is 0 Å². The molecule has 20 heavy (non-hydrogen) atoms. The van der Waals surface area contributed by atoms with Crippen molar-refractivity contribution in [2.75, 3.05) is 46.9 Å². The second-order valence-corrected chi connectivity index (χ2v) is 5.87. The van der Waals surface area contributed by atoms with Gasteiger partial charge < -0.3 is 19.7 Å². The SMILES string of the molecule is COc1c(C)cc(CCN2CCNCC2)c(OC)c1Br. The molecule has 1 aromatic carbocycles. The number of hydrogen-bond donors (Lipinski definition) is 1. The normalized spacial score (nSPS) is 16.2. The lowest BCUT2D eigenvalue weighted by atomic mass is 10.1. The first-order valence-corrected chi connectivity index (χ1v) is 7.79. The molecule has 1 heterocycles. The summed E-state index contributed by atoms with van der Waals surface area (Å²) in [4.78, 5) is 2.49. The van der Waals surface area contributed by atoms with Crippen molar-refractivity contribution in [1.82, 2.24) is 10.2 Å². The van der Waals surface area contributed by atoms with Crippen LogP contribution in [0.2, 0.25) is 0 Å². The zero-order valence-electron chi connectivity index (χ0n) is 12.5. The summed E-state index contributed by atoms with van der Waals surface area (Å²) in [7, 11) is 3.40. The fourth-order valence-corrected chi connectivity index (χ4v) is 3.57. The Morgan fingerprint density at radius 3 is 2.45 bits per heavy atom. The van der Waals surface area contributed by atoms with Crippen LogP contribution in [0, 0.1) is 6.92 Å². The van der Waals surface area contributed by atoms with Crippen LogP contribution in [0.1, 0.15) is 11.1 Å². The van der Waals surface area contributed by atoms with E-state index in [-0.39, 0.29) is 0 Å². The predicted octanol–water partition coefficient (Wildman–Crippen LogP) is 2.22. The van der Waals surface area contributed by atoms with Crippen molar-refractivity contribution in [3.05, 3.63) is 21.7 Å². The molecule has 1 aliphatic rings. The Morgan fingerprint density at radius 1 is 1.20 bits per heavy atom. The number of piperazine rings is 1. The van der Waals surface area contributed by atoms with Crippen LogP contribution in [-0.2, 0) is 6.42 Å². The maximum atomic E-state index is 5.56. The fourth-order valence-electron chi connectivity index (χ4n) is 2.68. The molecule has 0 unspecified atom stereocenters. The third-order valence-corrected chi connectivity index (χ3v) is 4.47. The molecule has 0 atom stereocenters. The highest BCUT2D eigenvalue weighted by Gasteiger charge is 2.17. The number of nitrogens with one attached hydrogen (secondary N) is 1. The summed E-state index contributed by atoms with van der Waals surface area (Å²) >= 11 is 3.60. The van der Waals surface area contributed by atoms with E-state index in [1.165, 1.54) is 5.56 Å². The molecule has 1 saturated heterocycles. The molecule has 4 nitrogen and oxygen atoms in total. The number of halogens is 1. The smallest absolute Gasteiger partial charge is 0.140 e. The lowest BCUT2D eigenvalue weighted by Crippen LogP contribution is -2.44. The van der Waals surface area contributed by atoms with E-state index in [0.29, 0.717) is 0 Å². The van der Waals surface area contributed by atoms with Gasteiger partial charge in [0.25, 0.3) is 0 Å². The van der Waals surface area contributed by atoms with Crippen molar-refractivity contribution in [3.63, 3.8) is 0 Å². The standard InChI is InChI=1S/C15H23BrN2O2/c1-11-10-12(4-7-18-8-5-17-6-9-18)15(20-3)13(16)14(11)19-2/h10,17H,4-9H2,1-3H3. The largest absolute Gasteiger partial charge is 0.495 e. The van der Waals surface area contributed by atoms with Gasteiger partial charge in [-0.3, -0.25) is 0 Å². The van der Waals surface area contributed by atoms with Crippen molar-refractivity contribution in [2.45, 2.75) is 13.3 Å². The quantitative estimate of drug-likeness (QED) is 0.889. The van der Waals surface area contributed by atoms with E-state index in [9.17, 15) is 0 Å². The molecular formula is C15H23BrN2O2. The van der Waals surface area contributed by atoms with Gasteiger partial charge in [0.05, 0.1) is 14.2 Å². The molecule has 0 bridgehead atoms. The fraction of sp³-hybridized carbons (Fsp3) is 0.600. The minimum Gasteiger partial charge on any atom is -0.495 e. The van der Waals surface area contributed by atoms with Gasteiger partial charge in [0.2, 0.25) is 0 Å². The molecular weight excluding hydrogens is 320 g/mol. The maximum absolute atomic E-state index is 5.56. The minimum atomic E-state index is 0.854. The average Bonchev–Trinajstić information content (AvgIpc) is 2.46. The third kappa shape index (κ3) is 3.45. The van der Waals surface area contributed by atoms with E-state index in [4.69, 9.17) is 9.47 Å². The lowest BCUT2D eigenvalue weighted by molar-refractivity contribution is 0.243. The number of aryl methyl sites for hydroxylation is 1. The van der Waals surface area contributed by atoms with Gasteiger partial charge >= 0.3 is 0 Å².